The number of furan rings is 1. The lowest BCUT2D eigenvalue weighted by Gasteiger charge is -2.11. The van der Waals surface area contributed by atoms with Gasteiger partial charge >= 0.3 is 0 Å². The van der Waals surface area contributed by atoms with Gasteiger partial charge in [-0.1, -0.05) is 12.1 Å². The molecule has 0 saturated carbocycles. The molecular weight excluding hydrogens is 318 g/mol. The third-order valence-electron chi connectivity index (χ3n) is 3.47. The van der Waals surface area contributed by atoms with Crippen molar-refractivity contribution in [2.24, 2.45) is 0 Å². The summed E-state index contributed by atoms with van der Waals surface area (Å²) in [5, 5.41) is 2.82. The fourth-order valence-corrected chi connectivity index (χ4v) is 2.25. The van der Waals surface area contributed by atoms with Gasteiger partial charge in [-0.2, -0.15) is 0 Å². The Hall–Kier alpha value is -3.28. The molecule has 0 aliphatic carbocycles. The summed E-state index contributed by atoms with van der Waals surface area (Å²) in [7, 11) is 0. The lowest BCUT2D eigenvalue weighted by molar-refractivity contribution is -0.111. The molecule has 6 heteroatoms. The molecule has 0 saturated heterocycles. The minimum Gasteiger partial charge on any atom is -0.490 e. The normalized spacial score (nSPS) is 10.9. The monoisotopic (exact) mass is 337 g/mol. The van der Waals surface area contributed by atoms with Crippen LogP contribution in [0.2, 0.25) is 0 Å². The van der Waals surface area contributed by atoms with Crippen molar-refractivity contribution in [3.63, 3.8) is 0 Å². The molecule has 1 N–H and O–H groups in total. The van der Waals surface area contributed by atoms with Gasteiger partial charge in [-0.15, -0.1) is 0 Å². The minimum absolute atomic E-state index is 0.250. The van der Waals surface area contributed by atoms with Crippen LogP contribution in [0.5, 0.6) is 5.75 Å². The summed E-state index contributed by atoms with van der Waals surface area (Å²) in [6.07, 6.45) is 8.39. The molecule has 1 aromatic carbocycles. The maximum absolute atomic E-state index is 12.1. The number of benzene rings is 1. The predicted octanol–water partition coefficient (Wildman–Crippen LogP) is 3.52. The third-order valence-corrected chi connectivity index (χ3v) is 3.47. The molecule has 0 aliphatic rings. The first kappa shape index (κ1) is 16.6. The van der Waals surface area contributed by atoms with Gasteiger partial charge in [0.1, 0.15) is 23.9 Å². The Balaban J connectivity index is 1.58. The SMILES string of the molecule is Cc1ccc(/C=C/C(=O)Nc2ccccc2OCCn2ccnc2)o1. The minimum atomic E-state index is -0.250. The Bertz CT molecular complexity index is 850. The number of amides is 1. The zero-order valence-electron chi connectivity index (χ0n) is 13.9. The smallest absolute Gasteiger partial charge is 0.248 e. The van der Waals surface area contributed by atoms with Gasteiger partial charge in [-0.3, -0.25) is 4.79 Å². The van der Waals surface area contributed by atoms with E-state index >= 15 is 0 Å². The second-order valence-corrected chi connectivity index (χ2v) is 5.42. The molecule has 2 heterocycles. The second-order valence-electron chi connectivity index (χ2n) is 5.42. The molecule has 1 amide bonds. The number of nitrogens with zero attached hydrogens (tertiary/aromatic N) is 2. The van der Waals surface area contributed by atoms with E-state index in [0.29, 0.717) is 30.3 Å². The second kappa shape index (κ2) is 8.01. The zero-order valence-corrected chi connectivity index (χ0v) is 13.9. The molecule has 0 atom stereocenters. The number of nitrogens with one attached hydrogen (secondary N) is 1. The van der Waals surface area contributed by atoms with Crippen LogP contribution in [0, 0.1) is 6.92 Å². The van der Waals surface area contributed by atoms with Crippen LogP contribution in [0.4, 0.5) is 5.69 Å². The van der Waals surface area contributed by atoms with Crippen molar-refractivity contribution >= 4 is 17.7 Å². The molecule has 2 aromatic heterocycles. The van der Waals surface area contributed by atoms with Gasteiger partial charge in [0.2, 0.25) is 5.91 Å². The number of rotatable bonds is 7. The number of aromatic nitrogens is 2. The average molecular weight is 337 g/mol. The third kappa shape index (κ3) is 4.84. The van der Waals surface area contributed by atoms with E-state index < -0.39 is 0 Å². The van der Waals surface area contributed by atoms with Crippen LogP contribution < -0.4 is 10.1 Å². The standard InChI is InChI=1S/C19H19N3O3/c1-15-6-7-16(25-15)8-9-19(23)21-17-4-2-3-5-18(17)24-13-12-22-11-10-20-14-22/h2-11,14H,12-13H2,1H3,(H,21,23)/b9-8+. The average Bonchev–Trinajstić information content (AvgIpc) is 3.26. The Morgan fingerprint density at radius 1 is 1.32 bits per heavy atom. The van der Waals surface area contributed by atoms with Crippen LogP contribution >= 0.6 is 0 Å². The molecule has 128 valence electrons. The van der Waals surface area contributed by atoms with Crippen molar-refractivity contribution in [3.05, 3.63) is 72.7 Å². The largest absolute Gasteiger partial charge is 0.490 e. The van der Waals surface area contributed by atoms with Crippen LogP contribution in [0.3, 0.4) is 0 Å². The number of carbonyl (C=O) groups is 1. The Morgan fingerprint density at radius 3 is 2.96 bits per heavy atom. The molecular formula is C19H19N3O3. The highest BCUT2D eigenvalue weighted by Gasteiger charge is 2.06. The maximum Gasteiger partial charge on any atom is 0.248 e. The molecule has 0 spiro atoms. The first-order chi connectivity index (χ1) is 12.2. The van der Waals surface area contributed by atoms with Crippen molar-refractivity contribution in [3.8, 4) is 5.75 Å². The topological polar surface area (TPSA) is 69.3 Å². The predicted molar refractivity (Wildman–Crippen MR) is 95.3 cm³/mol. The summed E-state index contributed by atoms with van der Waals surface area (Å²) in [6.45, 7) is 3.01. The lowest BCUT2D eigenvalue weighted by Crippen LogP contribution is -2.11. The molecule has 0 radical (unpaired) electrons. The summed E-state index contributed by atoms with van der Waals surface area (Å²) >= 11 is 0. The van der Waals surface area contributed by atoms with E-state index in [1.165, 1.54) is 6.08 Å². The molecule has 25 heavy (non-hydrogen) atoms. The van der Waals surface area contributed by atoms with Crippen molar-refractivity contribution in [2.45, 2.75) is 13.5 Å². The quantitative estimate of drug-likeness (QED) is 0.670. The highest BCUT2D eigenvalue weighted by atomic mass is 16.5. The number of hydrogen-bond donors (Lipinski definition) is 1. The lowest BCUT2D eigenvalue weighted by atomic mass is 10.3. The fraction of sp³-hybridized carbons (Fsp3) is 0.158. The van der Waals surface area contributed by atoms with Crippen LogP contribution in [0.15, 0.2) is 65.6 Å². The number of anilines is 1. The van der Waals surface area contributed by atoms with Gasteiger partial charge in [-0.25, -0.2) is 4.98 Å². The van der Waals surface area contributed by atoms with E-state index in [9.17, 15) is 4.79 Å². The first-order valence-corrected chi connectivity index (χ1v) is 7.94. The van der Waals surface area contributed by atoms with E-state index in [0.717, 1.165) is 5.76 Å². The molecule has 0 fully saturated rings. The molecule has 6 nitrogen and oxygen atoms in total. The Morgan fingerprint density at radius 2 is 2.20 bits per heavy atom. The Kier molecular flexibility index (Phi) is 5.31. The molecule has 0 aliphatic heterocycles. The number of para-hydroxylation sites is 2. The van der Waals surface area contributed by atoms with Crippen molar-refractivity contribution in [1.29, 1.82) is 0 Å². The first-order valence-electron chi connectivity index (χ1n) is 7.94. The molecule has 0 unspecified atom stereocenters. The van der Waals surface area contributed by atoms with E-state index in [1.807, 2.05) is 48.0 Å². The van der Waals surface area contributed by atoms with Crippen LogP contribution in [0.25, 0.3) is 6.08 Å². The van der Waals surface area contributed by atoms with Crippen LogP contribution in [-0.2, 0) is 11.3 Å². The highest BCUT2D eigenvalue weighted by molar-refractivity contribution is 6.02. The van der Waals surface area contributed by atoms with Crippen LogP contribution in [-0.4, -0.2) is 22.1 Å². The van der Waals surface area contributed by atoms with E-state index in [2.05, 4.69) is 10.3 Å². The highest BCUT2D eigenvalue weighted by Crippen LogP contribution is 2.23. The molecule has 3 rings (SSSR count). The number of hydrogen-bond acceptors (Lipinski definition) is 4. The van der Waals surface area contributed by atoms with Gasteiger partial charge in [0.05, 0.1) is 18.6 Å². The number of aryl methyl sites for hydroxylation is 1. The van der Waals surface area contributed by atoms with Crippen molar-refractivity contribution < 1.29 is 13.9 Å². The number of carbonyl (C=O) groups excluding carboxylic acids is 1. The van der Waals surface area contributed by atoms with E-state index in [4.69, 9.17) is 9.15 Å². The van der Waals surface area contributed by atoms with Gasteiger partial charge < -0.3 is 19.0 Å². The summed E-state index contributed by atoms with van der Waals surface area (Å²) in [5.74, 6) is 1.81. The van der Waals surface area contributed by atoms with Gasteiger partial charge in [-0.05, 0) is 37.3 Å². The number of imidazole rings is 1. The zero-order chi connectivity index (χ0) is 17.5. The summed E-state index contributed by atoms with van der Waals surface area (Å²) in [4.78, 5) is 16.1. The van der Waals surface area contributed by atoms with Gasteiger partial charge in [0, 0.05) is 18.5 Å². The Labute approximate surface area is 145 Å². The summed E-state index contributed by atoms with van der Waals surface area (Å²) in [5.41, 5.74) is 0.624. The number of ether oxygens (including phenoxy) is 1. The van der Waals surface area contributed by atoms with E-state index in [-0.39, 0.29) is 5.91 Å². The van der Waals surface area contributed by atoms with Crippen LogP contribution in [0.1, 0.15) is 11.5 Å². The van der Waals surface area contributed by atoms with Crippen molar-refractivity contribution in [1.82, 2.24) is 9.55 Å². The van der Waals surface area contributed by atoms with E-state index in [1.54, 1.807) is 24.7 Å². The summed E-state index contributed by atoms with van der Waals surface area (Å²) in [6, 6.07) is 11.0. The van der Waals surface area contributed by atoms with Gasteiger partial charge in [0.25, 0.3) is 0 Å². The fourth-order valence-electron chi connectivity index (χ4n) is 2.25. The maximum atomic E-state index is 12.1. The molecule has 0 bridgehead atoms. The summed E-state index contributed by atoms with van der Waals surface area (Å²) < 4.78 is 13.1. The van der Waals surface area contributed by atoms with Crippen molar-refractivity contribution in [2.75, 3.05) is 11.9 Å². The van der Waals surface area contributed by atoms with Gasteiger partial charge in [0.15, 0.2) is 0 Å². The molecule has 3 aromatic rings.